The zero-order valence-electron chi connectivity index (χ0n) is 14.2. The maximum absolute atomic E-state index is 12.3. The van der Waals surface area contributed by atoms with Gasteiger partial charge < -0.3 is 9.47 Å². The zero-order chi connectivity index (χ0) is 17.4. The number of cyclic esters (lactones) is 2. The largest absolute Gasteiger partial charge is 0.427 e. The number of allylic oxidation sites excluding steroid dienone is 2. The molecule has 2 unspecified atom stereocenters. The summed E-state index contributed by atoms with van der Waals surface area (Å²) in [6.45, 7) is 11.9. The zero-order valence-corrected chi connectivity index (χ0v) is 14.2. The Morgan fingerprint density at radius 3 is 2.17 bits per heavy atom. The topological polar surface area (TPSA) is 52.6 Å². The summed E-state index contributed by atoms with van der Waals surface area (Å²) in [5, 5.41) is 0. The molecule has 126 valence electrons. The van der Waals surface area contributed by atoms with Gasteiger partial charge in [0.05, 0.1) is 11.1 Å². The number of hydrogen-bond donors (Lipinski definition) is 0. The molecule has 0 amide bonds. The van der Waals surface area contributed by atoms with E-state index in [9.17, 15) is 9.59 Å². The third-order valence-electron chi connectivity index (χ3n) is 4.92. The van der Waals surface area contributed by atoms with E-state index >= 15 is 0 Å². The molecule has 0 fully saturated rings. The Labute approximate surface area is 142 Å². The highest BCUT2D eigenvalue weighted by atomic mass is 16.5. The van der Waals surface area contributed by atoms with Gasteiger partial charge in [-0.25, -0.2) is 9.59 Å². The lowest BCUT2D eigenvalue weighted by atomic mass is 9.77. The van der Waals surface area contributed by atoms with Crippen LogP contribution < -0.4 is 0 Å². The Kier molecular flexibility index (Phi) is 4.31. The lowest BCUT2D eigenvalue weighted by Gasteiger charge is -2.34. The standard InChI is InChI=1S/C20H22O4/c1-5-6-7-8-14-13(4)24-20(22)16-10-9-15-17(18(14)16)11(2)12(3)23-19(15)21/h9-11,14H,3-8H2,1-2H3. The number of carbonyl (C=O) groups is 2. The molecule has 2 aliphatic heterocycles. The van der Waals surface area contributed by atoms with Crippen LogP contribution in [0.5, 0.6) is 0 Å². The number of hydrogen-bond acceptors (Lipinski definition) is 4. The van der Waals surface area contributed by atoms with E-state index in [-0.39, 0.29) is 11.8 Å². The molecule has 1 aromatic rings. The molecule has 4 heteroatoms. The van der Waals surface area contributed by atoms with Crippen molar-refractivity contribution in [3.8, 4) is 0 Å². The molecular formula is C20H22O4. The summed E-state index contributed by atoms with van der Waals surface area (Å²) in [5.74, 6) is -0.166. The van der Waals surface area contributed by atoms with Gasteiger partial charge in [-0.15, -0.1) is 0 Å². The van der Waals surface area contributed by atoms with Gasteiger partial charge in [-0.1, -0.05) is 46.3 Å². The minimum Gasteiger partial charge on any atom is -0.427 e. The first-order chi connectivity index (χ1) is 11.5. The fraction of sp³-hybridized carbons (Fsp3) is 0.400. The van der Waals surface area contributed by atoms with Crippen molar-refractivity contribution < 1.29 is 19.1 Å². The van der Waals surface area contributed by atoms with Gasteiger partial charge in [0.25, 0.3) is 0 Å². The monoisotopic (exact) mass is 326 g/mol. The van der Waals surface area contributed by atoms with Crippen molar-refractivity contribution in [3.05, 3.63) is 59.1 Å². The fourth-order valence-corrected chi connectivity index (χ4v) is 3.57. The number of esters is 2. The second-order valence-corrected chi connectivity index (χ2v) is 6.47. The van der Waals surface area contributed by atoms with Crippen molar-refractivity contribution in [1.29, 1.82) is 0 Å². The van der Waals surface area contributed by atoms with Crippen LogP contribution >= 0.6 is 0 Å². The average molecular weight is 326 g/mol. The van der Waals surface area contributed by atoms with E-state index in [1.165, 1.54) is 0 Å². The molecular weight excluding hydrogens is 304 g/mol. The maximum Gasteiger partial charge on any atom is 0.343 e. The summed E-state index contributed by atoms with van der Waals surface area (Å²) >= 11 is 0. The Balaban J connectivity index is 2.17. The Morgan fingerprint density at radius 1 is 0.958 bits per heavy atom. The number of ether oxygens (including phenoxy) is 2. The lowest BCUT2D eigenvalue weighted by molar-refractivity contribution is 0.0553. The number of benzene rings is 1. The van der Waals surface area contributed by atoms with E-state index < -0.39 is 11.9 Å². The van der Waals surface area contributed by atoms with Gasteiger partial charge in [-0.05, 0) is 29.7 Å². The number of fused-ring (bicyclic) bond motifs is 3. The number of unbranched alkanes of at least 4 members (excludes halogenated alkanes) is 2. The van der Waals surface area contributed by atoms with E-state index in [1.54, 1.807) is 12.1 Å². The minimum absolute atomic E-state index is 0.0830. The van der Waals surface area contributed by atoms with Crippen LogP contribution in [0.2, 0.25) is 0 Å². The van der Waals surface area contributed by atoms with Crippen LogP contribution in [0.1, 0.15) is 83.2 Å². The highest BCUT2D eigenvalue weighted by Crippen LogP contribution is 2.45. The van der Waals surface area contributed by atoms with Crippen molar-refractivity contribution in [2.75, 3.05) is 0 Å². The smallest absolute Gasteiger partial charge is 0.343 e. The van der Waals surface area contributed by atoms with Crippen LogP contribution in [0, 0.1) is 0 Å². The van der Waals surface area contributed by atoms with E-state index in [2.05, 4.69) is 20.1 Å². The first-order valence-electron chi connectivity index (χ1n) is 8.44. The van der Waals surface area contributed by atoms with Gasteiger partial charge >= 0.3 is 11.9 Å². The first kappa shape index (κ1) is 16.5. The van der Waals surface area contributed by atoms with Gasteiger partial charge in [0.2, 0.25) is 0 Å². The summed E-state index contributed by atoms with van der Waals surface area (Å²) in [4.78, 5) is 24.5. The van der Waals surface area contributed by atoms with Crippen LogP contribution in [0.3, 0.4) is 0 Å². The lowest BCUT2D eigenvalue weighted by Crippen LogP contribution is -2.28. The Hall–Kier alpha value is -2.36. The Morgan fingerprint density at radius 2 is 1.54 bits per heavy atom. The van der Waals surface area contributed by atoms with Crippen molar-refractivity contribution >= 4 is 11.9 Å². The van der Waals surface area contributed by atoms with Crippen LogP contribution in [-0.2, 0) is 9.47 Å². The molecule has 2 atom stereocenters. The van der Waals surface area contributed by atoms with Crippen LogP contribution in [-0.4, -0.2) is 11.9 Å². The molecule has 2 aliphatic rings. The van der Waals surface area contributed by atoms with Crippen molar-refractivity contribution in [2.24, 2.45) is 0 Å². The highest BCUT2D eigenvalue weighted by Gasteiger charge is 2.38. The molecule has 3 rings (SSSR count). The van der Waals surface area contributed by atoms with E-state index in [1.807, 2.05) is 6.92 Å². The summed E-state index contributed by atoms with van der Waals surface area (Å²) in [6.07, 6.45) is 4.07. The quantitative estimate of drug-likeness (QED) is 0.588. The molecule has 1 aromatic carbocycles. The molecule has 0 bridgehead atoms. The molecule has 24 heavy (non-hydrogen) atoms. The van der Waals surface area contributed by atoms with Crippen LogP contribution in [0.15, 0.2) is 36.8 Å². The predicted octanol–water partition coefficient (Wildman–Crippen LogP) is 4.82. The normalized spacial score (nSPS) is 22.6. The van der Waals surface area contributed by atoms with Gasteiger partial charge in [-0.3, -0.25) is 0 Å². The van der Waals surface area contributed by atoms with Crippen molar-refractivity contribution in [1.82, 2.24) is 0 Å². The number of carbonyl (C=O) groups excluding carboxylic acids is 2. The van der Waals surface area contributed by atoms with Crippen molar-refractivity contribution in [3.63, 3.8) is 0 Å². The van der Waals surface area contributed by atoms with Gasteiger partial charge in [-0.2, -0.15) is 0 Å². The molecule has 2 heterocycles. The summed E-state index contributed by atoms with van der Waals surface area (Å²) in [6, 6.07) is 3.32. The first-order valence-corrected chi connectivity index (χ1v) is 8.44. The molecule has 0 spiro atoms. The SMILES string of the molecule is C=C1OC(=O)c2ccc3c(c2C1C)C(CCCCC)C(=C)OC3=O. The van der Waals surface area contributed by atoms with Gasteiger partial charge in [0.1, 0.15) is 11.5 Å². The second kappa shape index (κ2) is 6.27. The molecule has 0 saturated heterocycles. The minimum atomic E-state index is -0.409. The van der Waals surface area contributed by atoms with E-state index in [4.69, 9.17) is 9.47 Å². The third kappa shape index (κ3) is 2.56. The third-order valence-corrected chi connectivity index (χ3v) is 4.92. The molecule has 0 N–H and O–H groups in total. The van der Waals surface area contributed by atoms with Crippen LogP contribution in [0.25, 0.3) is 0 Å². The molecule has 0 aromatic heterocycles. The summed E-state index contributed by atoms with van der Waals surface area (Å²) in [5.41, 5.74) is 2.75. The second-order valence-electron chi connectivity index (χ2n) is 6.47. The van der Waals surface area contributed by atoms with Gasteiger partial charge in [0.15, 0.2) is 0 Å². The molecule has 0 saturated carbocycles. The fourth-order valence-electron chi connectivity index (χ4n) is 3.57. The van der Waals surface area contributed by atoms with Crippen molar-refractivity contribution in [2.45, 2.75) is 51.4 Å². The summed E-state index contributed by atoms with van der Waals surface area (Å²) in [7, 11) is 0. The maximum atomic E-state index is 12.3. The Bertz CT molecular complexity index is 744. The van der Waals surface area contributed by atoms with E-state index in [0.29, 0.717) is 22.6 Å². The van der Waals surface area contributed by atoms with Crippen LogP contribution in [0.4, 0.5) is 0 Å². The average Bonchev–Trinajstić information content (AvgIpc) is 2.54. The van der Waals surface area contributed by atoms with Gasteiger partial charge in [0, 0.05) is 11.8 Å². The predicted molar refractivity (Wildman–Crippen MR) is 90.9 cm³/mol. The summed E-state index contributed by atoms with van der Waals surface area (Å²) < 4.78 is 10.6. The molecule has 4 nitrogen and oxygen atoms in total. The highest BCUT2D eigenvalue weighted by molar-refractivity contribution is 5.99. The van der Waals surface area contributed by atoms with E-state index in [0.717, 1.165) is 36.8 Å². The molecule has 0 radical (unpaired) electrons. The number of rotatable bonds is 4. The molecule has 0 aliphatic carbocycles.